The van der Waals surface area contributed by atoms with E-state index in [0.717, 1.165) is 46.5 Å². The maximum atomic E-state index is 12.5. The minimum Gasteiger partial charge on any atom is -0.489 e. The van der Waals surface area contributed by atoms with Gasteiger partial charge in [0.1, 0.15) is 18.5 Å². The third-order valence-electron chi connectivity index (χ3n) is 6.01. The summed E-state index contributed by atoms with van der Waals surface area (Å²) in [5.74, 6) is 0.743. The lowest BCUT2D eigenvalue weighted by Gasteiger charge is -2.23. The zero-order chi connectivity index (χ0) is 23.5. The smallest absolute Gasteiger partial charge is 0.251 e. The molecule has 1 saturated carbocycles. The topological polar surface area (TPSA) is 80.0 Å². The highest BCUT2D eigenvalue weighted by Crippen LogP contribution is 2.29. The Morgan fingerprint density at radius 3 is 2.74 bits per heavy atom. The predicted molar refractivity (Wildman–Crippen MR) is 136 cm³/mol. The summed E-state index contributed by atoms with van der Waals surface area (Å²) in [6.07, 6.45) is 5.45. The van der Waals surface area contributed by atoms with Crippen LogP contribution in [0.15, 0.2) is 83.5 Å². The number of amides is 1. The van der Waals surface area contributed by atoms with Gasteiger partial charge >= 0.3 is 0 Å². The van der Waals surface area contributed by atoms with Gasteiger partial charge < -0.3 is 15.8 Å². The molecule has 1 fully saturated rings. The van der Waals surface area contributed by atoms with Gasteiger partial charge in [-0.25, -0.2) is 5.01 Å². The zero-order valence-corrected chi connectivity index (χ0v) is 19.1. The number of nitrogens with two attached hydrogens (primary N) is 1. The highest BCUT2D eigenvalue weighted by atomic mass is 16.5. The lowest BCUT2D eigenvalue weighted by molar-refractivity contribution is 0.0951. The van der Waals surface area contributed by atoms with Crippen LogP contribution >= 0.6 is 0 Å². The predicted octanol–water partition coefficient (Wildman–Crippen LogP) is 4.64. The second kappa shape index (κ2) is 9.53. The Morgan fingerprint density at radius 2 is 1.94 bits per heavy atom. The van der Waals surface area contributed by atoms with Crippen molar-refractivity contribution in [2.75, 3.05) is 5.01 Å². The second-order valence-corrected chi connectivity index (χ2v) is 8.77. The molecule has 0 bridgehead atoms. The number of anilines is 1. The number of nitrogens with one attached hydrogen (secondary N) is 1. The van der Waals surface area contributed by atoms with Crippen molar-refractivity contribution in [3.05, 3.63) is 101 Å². The van der Waals surface area contributed by atoms with Crippen molar-refractivity contribution in [1.29, 1.82) is 0 Å². The molecule has 1 amide bonds. The first-order chi connectivity index (χ1) is 16.6. The van der Waals surface area contributed by atoms with Crippen LogP contribution < -0.4 is 20.8 Å². The van der Waals surface area contributed by atoms with Crippen molar-refractivity contribution in [2.24, 2.45) is 10.8 Å². The molecule has 1 aliphatic carbocycles. The molecule has 0 aromatic heterocycles. The number of hydrazone groups is 1. The summed E-state index contributed by atoms with van der Waals surface area (Å²) in [6, 6.07) is 24.0. The van der Waals surface area contributed by atoms with Gasteiger partial charge in [0, 0.05) is 17.2 Å². The summed E-state index contributed by atoms with van der Waals surface area (Å²) in [5, 5.41) is 9.35. The molecule has 0 radical (unpaired) electrons. The minimum atomic E-state index is -0.450. The van der Waals surface area contributed by atoms with Crippen LogP contribution in [-0.4, -0.2) is 24.3 Å². The third-order valence-corrected chi connectivity index (χ3v) is 6.01. The van der Waals surface area contributed by atoms with Gasteiger partial charge in [-0.15, -0.1) is 0 Å². The van der Waals surface area contributed by atoms with E-state index in [2.05, 4.69) is 10.4 Å². The fraction of sp³-hybridized carbons (Fsp3) is 0.214. The molecule has 1 atom stereocenters. The van der Waals surface area contributed by atoms with Crippen LogP contribution in [0.25, 0.3) is 6.08 Å². The van der Waals surface area contributed by atoms with Gasteiger partial charge in [-0.3, -0.25) is 4.79 Å². The number of carbonyl (C=O) groups is 1. The number of hydrogen-bond donors (Lipinski definition) is 2. The fourth-order valence-corrected chi connectivity index (χ4v) is 3.87. The standard InChI is InChI=1S/C28H28N4O2/c1-19-10-11-22(28(33)31-24-12-13-24)16-26(19)32-27(29)23(17-30-32)14-21-8-5-9-25(15-21)34-18-20-6-3-2-4-7-20/h2-11,14-17,24,27H,12-13,18,29H2,1H3,(H,31,33). The van der Waals surface area contributed by atoms with E-state index in [4.69, 9.17) is 10.5 Å². The molecule has 1 aliphatic heterocycles. The first kappa shape index (κ1) is 21.9. The molecule has 172 valence electrons. The summed E-state index contributed by atoms with van der Waals surface area (Å²) in [5.41, 5.74) is 12.0. The molecular formula is C28H28N4O2. The van der Waals surface area contributed by atoms with E-state index in [1.165, 1.54) is 0 Å². The van der Waals surface area contributed by atoms with Gasteiger partial charge in [-0.2, -0.15) is 5.10 Å². The van der Waals surface area contributed by atoms with Crippen LogP contribution in [0, 0.1) is 6.92 Å². The van der Waals surface area contributed by atoms with Crippen molar-refractivity contribution in [2.45, 2.75) is 38.6 Å². The lowest BCUT2D eigenvalue weighted by atomic mass is 10.1. The summed E-state index contributed by atoms with van der Waals surface area (Å²) < 4.78 is 5.96. The molecule has 0 saturated heterocycles. The minimum absolute atomic E-state index is 0.0522. The van der Waals surface area contributed by atoms with E-state index in [1.54, 1.807) is 11.2 Å². The zero-order valence-electron chi connectivity index (χ0n) is 19.1. The van der Waals surface area contributed by atoms with E-state index in [0.29, 0.717) is 18.2 Å². The number of aryl methyl sites for hydroxylation is 1. The molecule has 6 nitrogen and oxygen atoms in total. The van der Waals surface area contributed by atoms with Gasteiger partial charge in [-0.05, 0) is 66.8 Å². The van der Waals surface area contributed by atoms with Crippen LogP contribution in [0.4, 0.5) is 5.69 Å². The van der Waals surface area contributed by atoms with Crippen LogP contribution in [0.3, 0.4) is 0 Å². The van der Waals surface area contributed by atoms with E-state index in [-0.39, 0.29) is 5.91 Å². The Kier molecular flexibility index (Phi) is 6.14. The largest absolute Gasteiger partial charge is 0.489 e. The van der Waals surface area contributed by atoms with Crippen molar-refractivity contribution in [3.63, 3.8) is 0 Å². The summed E-state index contributed by atoms with van der Waals surface area (Å²) in [4.78, 5) is 12.5. The molecule has 1 heterocycles. The first-order valence-corrected chi connectivity index (χ1v) is 11.6. The van der Waals surface area contributed by atoms with Crippen molar-refractivity contribution >= 4 is 23.9 Å². The van der Waals surface area contributed by atoms with E-state index < -0.39 is 6.17 Å². The molecule has 1 unspecified atom stereocenters. The number of hydrogen-bond acceptors (Lipinski definition) is 5. The van der Waals surface area contributed by atoms with Gasteiger partial charge in [0.2, 0.25) is 0 Å². The lowest BCUT2D eigenvalue weighted by Crippen LogP contribution is -2.36. The SMILES string of the molecule is Cc1ccc(C(=O)NC2CC2)cc1N1N=CC(=Cc2cccc(OCc3ccccc3)c2)C1N. The normalized spacial score (nSPS) is 18.4. The fourth-order valence-electron chi connectivity index (χ4n) is 3.87. The van der Waals surface area contributed by atoms with E-state index >= 15 is 0 Å². The molecule has 2 aliphatic rings. The quantitative estimate of drug-likeness (QED) is 0.547. The molecule has 3 N–H and O–H groups in total. The Labute approximate surface area is 199 Å². The molecule has 3 aromatic rings. The van der Waals surface area contributed by atoms with Crippen molar-refractivity contribution in [1.82, 2.24) is 5.32 Å². The van der Waals surface area contributed by atoms with E-state index in [1.807, 2.05) is 85.8 Å². The third kappa shape index (κ3) is 5.02. The molecular weight excluding hydrogens is 424 g/mol. The van der Waals surface area contributed by atoms with Crippen molar-refractivity contribution < 1.29 is 9.53 Å². The number of carbonyl (C=O) groups excluding carboxylic acids is 1. The van der Waals surface area contributed by atoms with Gasteiger partial charge in [0.25, 0.3) is 5.91 Å². The maximum absolute atomic E-state index is 12.5. The highest BCUT2D eigenvalue weighted by molar-refractivity contribution is 5.96. The van der Waals surface area contributed by atoms with Crippen LogP contribution in [0.1, 0.15) is 39.9 Å². The number of nitrogens with zero attached hydrogens (tertiary/aromatic N) is 2. The monoisotopic (exact) mass is 452 g/mol. The average Bonchev–Trinajstić information content (AvgIpc) is 3.60. The Hall–Kier alpha value is -3.90. The van der Waals surface area contributed by atoms with Gasteiger partial charge in [0.15, 0.2) is 0 Å². The van der Waals surface area contributed by atoms with Crippen LogP contribution in [0.5, 0.6) is 5.75 Å². The Morgan fingerprint density at radius 1 is 1.12 bits per heavy atom. The molecule has 0 spiro atoms. The van der Waals surface area contributed by atoms with Crippen molar-refractivity contribution in [3.8, 4) is 5.75 Å². The molecule has 5 rings (SSSR count). The van der Waals surface area contributed by atoms with Gasteiger partial charge in [-0.1, -0.05) is 48.5 Å². The molecule has 6 heteroatoms. The molecule has 34 heavy (non-hydrogen) atoms. The van der Waals surface area contributed by atoms with Crippen LogP contribution in [0.2, 0.25) is 0 Å². The number of benzene rings is 3. The van der Waals surface area contributed by atoms with Gasteiger partial charge in [0.05, 0.1) is 11.9 Å². The second-order valence-electron chi connectivity index (χ2n) is 8.77. The number of ether oxygens (including phenoxy) is 1. The molecule has 3 aromatic carbocycles. The van der Waals surface area contributed by atoms with E-state index in [9.17, 15) is 4.79 Å². The maximum Gasteiger partial charge on any atom is 0.251 e. The summed E-state index contributed by atoms with van der Waals surface area (Å²) in [7, 11) is 0. The first-order valence-electron chi connectivity index (χ1n) is 11.6. The highest BCUT2D eigenvalue weighted by Gasteiger charge is 2.27. The Bertz CT molecular complexity index is 1250. The average molecular weight is 453 g/mol. The van der Waals surface area contributed by atoms with Crippen LogP contribution in [-0.2, 0) is 6.61 Å². The Balaban J connectivity index is 1.30. The summed E-state index contributed by atoms with van der Waals surface area (Å²) in [6.45, 7) is 2.51. The summed E-state index contributed by atoms with van der Waals surface area (Å²) >= 11 is 0. The number of rotatable bonds is 7.